The van der Waals surface area contributed by atoms with Crippen LogP contribution < -0.4 is 4.72 Å². The Hall–Kier alpha value is -2.68. The maximum atomic E-state index is 13.7. The van der Waals surface area contributed by atoms with Crippen molar-refractivity contribution in [3.05, 3.63) is 53.7 Å². The second-order valence-corrected chi connectivity index (χ2v) is 6.68. The zero-order chi connectivity index (χ0) is 16.6. The van der Waals surface area contributed by atoms with Crippen LogP contribution in [0.2, 0.25) is 0 Å². The van der Waals surface area contributed by atoms with Gasteiger partial charge >= 0.3 is 0 Å². The summed E-state index contributed by atoms with van der Waals surface area (Å²) < 4.78 is 42.1. The normalized spacial score (nSPS) is 11.6. The van der Waals surface area contributed by atoms with E-state index in [9.17, 15) is 12.8 Å². The third kappa shape index (κ3) is 2.82. The molecule has 23 heavy (non-hydrogen) atoms. The van der Waals surface area contributed by atoms with Gasteiger partial charge in [0, 0.05) is 11.3 Å². The van der Waals surface area contributed by atoms with Crippen molar-refractivity contribution in [3.63, 3.8) is 0 Å². The van der Waals surface area contributed by atoms with Gasteiger partial charge in [-0.2, -0.15) is 10.2 Å². The van der Waals surface area contributed by atoms with Gasteiger partial charge < -0.3 is 0 Å². The van der Waals surface area contributed by atoms with Gasteiger partial charge in [-0.25, -0.2) is 17.5 Å². The first-order valence-electron chi connectivity index (χ1n) is 6.72. The van der Waals surface area contributed by atoms with Crippen LogP contribution in [-0.4, -0.2) is 28.4 Å². The van der Waals surface area contributed by atoms with E-state index in [0.29, 0.717) is 5.56 Å². The van der Waals surface area contributed by atoms with Crippen molar-refractivity contribution in [2.24, 2.45) is 0 Å². The monoisotopic (exact) mass is 335 g/mol. The molecule has 0 atom stereocenters. The average Bonchev–Trinajstić information content (AvgIpc) is 3.11. The fourth-order valence-electron chi connectivity index (χ4n) is 1.98. The number of hydrogen-bond acceptors (Lipinski definition) is 4. The number of aromatic amines is 1. The van der Waals surface area contributed by atoms with Crippen LogP contribution in [0.25, 0.3) is 5.69 Å². The van der Waals surface area contributed by atoms with Crippen LogP contribution >= 0.6 is 0 Å². The van der Waals surface area contributed by atoms with E-state index in [0.717, 1.165) is 11.9 Å². The fourth-order valence-corrected chi connectivity index (χ4v) is 2.98. The molecule has 1 aromatic carbocycles. The molecule has 0 spiro atoms. The molecular weight excluding hydrogens is 321 g/mol. The number of sulfonamides is 1. The van der Waals surface area contributed by atoms with Crippen molar-refractivity contribution in [2.75, 3.05) is 4.72 Å². The van der Waals surface area contributed by atoms with E-state index in [1.165, 1.54) is 23.0 Å². The van der Waals surface area contributed by atoms with Crippen molar-refractivity contribution in [3.8, 4) is 5.69 Å². The number of benzene rings is 1. The van der Waals surface area contributed by atoms with Crippen molar-refractivity contribution < 1.29 is 12.8 Å². The molecule has 7 nitrogen and oxygen atoms in total. The second-order valence-electron chi connectivity index (χ2n) is 5.00. The Balaban J connectivity index is 1.93. The summed E-state index contributed by atoms with van der Waals surface area (Å²) in [6, 6.07) is 5.97. The van der Waals surface area contributed by atoms with Gasteiger partial charge in [-0.1, -0.05) is 12.1 Å². The predicted octanol–water partition coefficient (Wildman–Crippen LogP) is 2.15. The molecule has 0 bridgehead atoms. The highest BCUT2D eigenvalue weighted by Crippen LogP contribution is 2.20. The number of aromatic nitrogens is 4. The molecule has 0 aliphatic rings. The maximum absolute atomic E-state index is 13.7. The van der Waals surface area contributed by atoms with Crippen LogP contribution in [-0.2, 0) is 10.0 Å². The Morgan fingerprint density at radius 3 is 2.65 bits per heavy atom. The molecule has 2 N–H and O–H groups in total. The van der Waals surface area contributed by atoms with Crippen molar-refractivity contribution >= 4 is 15.8 Å². The lowest BCUT2D eigenvalue weighted by atomic mass is 10.3. The summed E-state index contributed by atoms with van der Waals surface area (Å²) in [6.07, 6.45) is 2.40. The van der Waals surface area contributed by atoms with Gasteiger partial charge in [-0.15, -0.1) is 0 Å². The van der Waals surface area contributed by atoms with Crippen LogP contribution in [0.5, 0.6) is 0 Å². The largest absolute Gasteiger partial charge is 0.280 e. The van der Waals surface area contributed by atoms with E-state index in [2.05, 4.69) is 20.0 Å². The first-order chi connectivity index (χ1) is 10.9. The number of H-pyrrole nitrogens is 1. The average molecular weight is 335 g/mol. The third-order valence-corrected chi connectivity index (χ3v) is 4.75. The van der Waals surface area contributed by atoms with Crippen LogP contribution in [0.3, 0.4) is 0 Å². The number of rotatable bonds is 4. The van der Waals surface area contributed by atoms with Gasteiger partial charge in [0.25, 0.3) is 10.0 Å². The van der Waals surface area contributed by atoms with Gasteiger partial charge in [0.1, 0.15) is 16.4 Å². The van der Waals surface area contributed by atoms with Gasteiger partial charge in [0.2, 0.25) is 0 Å². The molecule has 0 radical (unpaired) electrons. The summed E-state index contributed by atoms with van der Waals surface area (Å²) >= 11 is 0. The molecule has 0 aliphatic heterocycles. The SMILES string of the molecule is Cc1[nH]nc(NS(=O)(=O)c2cnn(-c3ccccc3F)c2)c1C. The topological polar surface area (TPSA) is 92.7 Å². The molecule has 2 aromatic heterocycles. The first kappa shape index (κ1) is 15.2. The van der Waals surface area contributed by atoms with E-state index in [-0.39, 0.29) is 16.4 Å². The summed E-state index contributed by atoms with van der Waals surface area (Å²) in [6.45, 7) is 3.54. The minimum Gasteiger partial charge on any atom is -0.280 e. The molecule has 0 fully saturated rings. The number of nitrogens with zero attached hydrogens (tertiary/aromatic N) is 3. The van der Waals surface area contributed by atoms with Crippen LogP contribution in [0.4, 0.5) is 10.2 Å². The smallest absolute Gasteiger partial charge is 0.266 e. The molecule has 120 valence electrons. The molecule has 0 aliphatic carbocycles. The number of nitrogens with one attached hydrogen (secondary N) is 2. The number of anilines is 1. The highest BCUT2D eigenvalue weighted by atomic mass is 32.2. The second kappa shape index (κ2) is 5.51. The van der Waals surface area contributed by atoms with Gasteiger partial charge in [0.15, 0.2) is 5.82 Å². The number of halogens is 1. The molecule has 2 heterocycles. The van der Waals surface area contributed by atoms with Crippen molar-refractivity contribution in [2.45, 2.75) is 18.7 Å². The number of para-hydroxylation sites is 1. The molecular formula is C14H14FN5O2S. The number of hydrogen-bond donors (Lipinski definition) is 2. The summed E-state index contributed by atoms with van der Waals surface area (Å²) in [5.74, 6) is -0.271. The lowest BCUT2D eigenvalue weighted by Crippen LogP contribution is -2.13. The molecule has 0 amide bonds. The Labute approximate surface area is 132 Å². The maximum Gasteiger partial charge on any atom is 0.266 e. The zero-order valence-electron chi connectivity index (χ0n) is 12.4. The Kier molecular flexibility index (Phi) is 3.64. The van der Waals surface area contributed by atoms with E-state index in [1.807, 2.05) is 0 Å². The molecule has 0 unspecified atom stereocenters. The molecule has 3 aromatic rings. The molecule has 0 saturated carbocycles. The first-order valence-corrected chi connectivity index (χ1v) is 8.21. The van der Waals surface area contributed by atoms with Crippen LogP contribution in [0.1, 0.15) is 11.3 Å². The van der Waals surface area contributed by atoms with Gasteiger partial charge in [0.05, 0.1) is 12.4 Å². The van der Waals surface area contributed by atoms with Crippen molar-refractivity contribution in [1.82, 2.24) is 20.0 Å². The van der Waals surface area contributed by atoms with Gasteiger partial charge in [-0.3, -0.25) is 9.82 Å². The minimum absolute atomic E-state index is 0.0826. The summed E-state index contributed by atoms with van der Waals surface area (Å²) in [5.41, 5.74) is 1.64. The highest BCUT2D eigenvalue weighted by molar-refractivity contribution is 7.92. The summed E-state index contributed by atoms with van der Waals surface area (Å²) in [7, 11) is -3.86. The highest BCUT2D eigenvalue weighted by Gasteiger charge is 2.20. The molecule has 9 heteroatoms. The van der Waals surface area contributed by atoms with Crippen molar-refractivity contribution in [1.29, 1.82) is 0 Å². The predicted molar refractivity (Wildman–Crippen MR) is 82.4 cm³/mol. The lowest BCUT2D eigenvalue weighted by molar-refractivity contribution is 0.600. The fraction of sp³-hybridized carbons (Fsp3) is 0.143. The zero-order valence-corrected chi connectivity index (χ0v) is 13.2. The molecule has 0 saturated heterocycles. The van der Waals surface area contributed by atoms with E-state index >= 15 is 0 Å². The standard InChI is InChI=1S/C14H14FN5O2S/c1-9-10(2)17-18-14(9)19-23(21,22)11-7-16-20(8-11)13-6-4-3-5-12(13)15/h3-8H,1-2H3,(H2,17,18,19). The summed E-state index contributed by atoms with van der Waals surface area (Å²) in [4.78, 5) is -0.0826. The Bertz CT molecular complexity index is 961. The lowest BCUT2D eigenvalue weighted by Gasteiger charge is -2.04. The quantitative estimate of drug-likeness (QED) is 0.764. The number of aryl methyl sites for hydroxylation is 1. The Morgan fingerprint density at radius 1 is 1.26 bits per heavy atom. The Morgan fingerprint density at radius 2 is 2.00 bits per heavy atom. The minimum atomic E-state index is -3.86. The van der Waals surface area contributed by atoms with E-state index in [1.54, 1.807) is 26.0 Å². The third-order valence-electron chi connectivity index (χ3n) is 3.45. The molecule has 3 rings (SSSR count). The van der Waals surface area contributed by atoms with E-state index < -0.39 is 15.8 Å². The summed E-state index contributed by atoms with van der Waals surface area (Å²) in [5, 5.41) is 10.5. The van der Waals surface area contributed by atoms with Gasteiger partial charge in [-0.05, 0) is 26.0 Å². The van der Waals surface area contributed by atoms with Crippen LogP contribution in [0.15, 0.2) is 41.6 Å². The van der Waals surface area contributed by atoms with Crippen LogP contribution in [0, 0.1) is 19.7 Å². The van der Waals surface area contributed by atoms with E-state index in [4.69, 9.17) is 0 Å².